The van der Waals surface area contributed by atoms with Crippen LogP contribution in [0.2, 0.25) is 0 Å². The van der Waals surface area contributed by atoms with Crippen molar-refractivity contribution in [3.8, 4) is 0 Å². The number of hydrogen-bond acceptors (Lipinski definition) is 1. The molecule has 3 rings (SSSR count). The van der Waals surface area contributed by atoms with Gasteiger partial charge < -0.3 is 61.7 Å². The van der Waals surface area contributed by atoms with E-state index >= 15 is 0 Å². The molecule has 0 bridgehead atoms. The fraction of sp³-hybridized carbons (Fsp3) is 0.882. The number of likely N-dealkylation sites (N-methyl/N-ethyl adjacent to an activating group) is 1. The van der Waals surface area contributed by atoms with Gasteiger partial charge in [0.05, 0.1) is 53.5 Å². The lowest BCUT2D eigenvalue weighted by Crippen LogP contribution is -3.00. The highest BCUT2D eigenvalue weighted by atomic mass is 127. The zero-order valence-corrected chi connectivity index (χ0v) is 18.5. The van der Waals surface area contributed by atoms with Crippen LogP contribution in [0.25, 0.3) is 0 Å². The minimum Gasteiger partial charge on any atom is -1.00 e. The molecule has 3 aliphatic rings. The third-order valence-corrected chi connectivity index (χ3v) is 6.01. The van der Waals surface area contributed by atoms with Crippen LogP contribution in [0, 0.1) is 11.8 Å². The third kappa shape index (κ3) is 5.29. The smallest absolute Gasteiger partial charge is 0.102 e. The summed E-state index contributed by atoms with van der Waals surface area (Å²) in [5.74, 6) is 1.94. The molecule has 2 aliphatic heterocycles. The van der Waals surface area contributed by atoms with Gasteiger partial charge in [0.2, 0.25) is 0 Å². The van der Waals surface area contributed by atoms with Crippen LogP contribution in [0.3, 0.4) is 0 Å². The monoisotopic (exact) mass is 534 g/mol. The maximum absolute atomic E-state index is 5.50. The minimum absolute atomic E-state index is 0. The van der Waals surface area contributed by atoms with E-state index in [1.165, 1.54) is 67.5 Å². The number of rotatable bonds is 4. The van der Waals surface area contributed by atoms with E-state index in [-0.39, 0.29) is 48.0 Å². The number of halogens is 2. The van der Waals surface area contributed by atoms with Gasteiger partial charge >= 0.3 is 0 Å². The van der Waals surface area contributed by atoms with Gasteiger partial charge in [0.15, 0.2) is 0 Å². The SMILES string of the molecule is C[N+]1(CCC[N+]2(C)CC3CC=CCC3C2)CCOCC1.[I-].[I-]. The molecule has 2 atom stereocenters. The zero-order valence-electron chi connectivity index (χ0n) is 14.1. The van der Waals surface area contributed by atoms with Crippen molar-refractivity contribution < 1.29 is 61.7 Å². The molecule has 2 fully saturated rings. The maximum atomic E-state index is 5.50. The summed E-state index contributed by atoms with van der Waals surface area (Å²) in [7, 11) is 4.91. The van der Waals surface area contributed by atoms with Gasteiger partial charge in [0, 0.05) is 18.3 Å². The van der Waals surface area contributed by atoms with Crippen LogP contribution in [0.4, 0.5) is 0 Å². The largest absolute Gasteiger partial charge is 1.00 e. The molecular formula is C17H32I2N2O. The Labute approximate surface area is 170 Å². The number of nitrogens with zero attached hydrogens (tertiary/aromatic N) is 2. The summed E-state index contributed by atoms with van der Waals surface area (Å²) < 4.78 is 8.06. The normalized spacial score (nSPS) is 36.1. The highest BCUT2D eigenvalue weighted by Crippen LogP contribution is 2.36. The number of fused-ring (bicyclic) bond motifs is 1. The fourth-order valence-electron chi connectivity index (χ4n) is 4.61. The van der Waals surface area contributed by atoms with Gasteiger partial charge in [0.1, 0.15) is 13.1 Å². The summed E-state index contributed by atoms with van der Waals surface area (Å²) in [4.78, 5) is 0. The predicted molar refractivity (Wildman–Crippen MR) is 82.4 cm³/mol. The summed E-state index contributed by atoms with van der Waals surface area (Å²) in [5, 5.41) is 0. The van der Waals surface area contributed by atoms with Crippen LogP contribution >= 0.6 is 0 Å². The Hall–Kier alpha value is 1.08. The molecule has 5 heteroatoms. The maximum Gasteiger partial charge on any atom is 0.102 e. The van der Waals surface area contributed by atoms with E-state index < -0.39 is 0 Å². The third-order valence-electron chi connectivity index (χ3n) is 6.01. The van der Waals surface area contributed by atoms with Crippen LogP contribution in [-0.2, 0) is 4.74 Å². The highest BCUT2D eigenvalue weighted by Gasteiger charge is 2.42. The van der Waals surface area contributed by atoms with Gasteiger partial charge in [0.25, 0.3) is 0 Å². The molecule has 2 unspecified atom stereocenters. The van der Waals surface area contributed by atoms with Crippen molar-refractivity contribution in [3.05, 3.63) is 12.2 Å². The van der Waals surface area contributed by atoms with Crippen LogP contribution < -0.4 is 48.0 Å². The lowest BCUT2D eigenvalue weighted by molar-refractivity contribution is -0.928. The number of likely N-dealkylation sites (tertiary alicyclic amines) is 1. The number of morpholine rings is 1. The first-order valence-corrected chi connectivity index (χ1v) is 8.49. The molecule has 0 amide bonds. The topological polar surface area (TPSA) is 9.23 Å². The molecule has 22 heavy (non-hydrogen) atoms. The van der Waals surface area contributed by atoms with E-state index in [1.807, 2.05) is 0 Å². The summed E-state index contributed by atoms with van der Waals surface area (Å²) in [6, 6.07) is 0. The molecule has 0 N–H and O–H groups in total. The summed E-state index contributed by atoms with van der Waals surface area (Å²) in [5.41, 5.74) is 0. The number of ether oxygens (including phenoxy) is 1. The Kier molecular flexibility index (Phi) is 8.61. The van der Waals surface area contributed by atoms with Crippen molar-refractivity contribution in [3.63, 3.8) is 0 Å². The average Bonchev–Trinajstić information content (AvgIpc) is 2.75. The summed E-state index contributed by atoms with van der Waals surface area (Å²) >= 11 is 0. The molecule has 0 aromatic rings. The highest BCUT2D eigenvalue weighted by molar-refractivity contribution is 4.96. The van der Waals surface area contributed by atoms with Crippen molar-refractivity contribution >= 4 is 0 Å². The first kappa shape index (κ1) is 21.1. The Bertz CT molecular complexity index is 354. The fourth-order valence-corrected chi connectivity index (χ4v) is 4.61. The number of hydrogen-bond donors (Lipinski definition) is 0. The Morgan fingerprint density at radius 2 is 1.36 bits per heavy atom. The van der Waals surface area contributed by atoms with E-state index in [9.17, 15) is 0 Å². The molecule has 0 aromatic carbocycles. The molecule has 3 nitrogen and oxygen atoms in total. The first-order chi connectivity index (χ1) is 9.59. The molecule has 2 heterocycles. The predicted octanol–water partition coefficient (Wildman–Crippen LogP) is -4.10. The second kappa shape index (κ2) is 8.97. The number of allylic oxidation sites excluding steroid dienone is 2. The average molecular weight is 534 g/mol. The van der Waals surface area contributed by atoms with Crippen LogP contribution in [0.15, 0.2) is 12.2 Å². The van der Waals surface area contributed by atoms with E-state index in [0.717, 1.165) is 25.0 Å². The van der Waals surface area contributed by atoms with E-state index in [4.69, 9.17) is 4.74 Å². The molecule has 1 aliphatic carbocycles. The van der Waals surface area contributed by atoms with Crippen molar-refractivity contribution in [2.24, 2.45) is 11.8 Å². The van der Waals surface area contributed by atoms with E-state index in [0.29, 0.717) is 0 Å². The van der Waals surface area contributed by atoms with Gasteiger partial charge in [-0.05, 0) is 12.8 Å². The van der Waals surface area contributed by atoms with Gasteiger partial charge in [-0.2, -0.15) is 0 Å². The second-order valence-corrected chi connectivity index (χ2v) is 7.93. The van der Waals surface area contributed by atoms with Crippen molar-refractivity contribution in [2.45, 2.75) is 19.3 Å². The Balaban J connectivity index is 0.00000121. The summed E-state index contributed by atoms with van der Waals surface area (Å²) in [6.45, 7) is 9.88. The lowest BCUT2D eigenvalue weighted by atomic mass is 9.86. The molecule has 0 spiro atoms. The molecule has 0 saturated carbocycles. The summed E-state index contributed by atoms with van der Waals surface area (Å²) in [6.07, 6.45) is 8.88. The Morgan fingerprint density at radius 3 is 1.91 bits per heavy atom. The quantitative estimate of drug-likeness (QED) is 0.203. The van der Waals surface area contributed by atoms with Crippen LogP contribution in [0.1, 0.15) is 19.3 Å². The van der Waals surface area contributed by atoms with Gasteiger partial charge in [-0.25, -0.2) is 0 Å². The minimum atomic E-state index is 0. The zero-order chi connectivity index (χ0) is 14.1. The molecule has 2 saturated heterocycles. The first-order valence-electron chi connectivity index (χ1n) is 8.49. The Morgan fingerprint density at radius 1 is 0.864 bits per heavy atom. The lowest BCUT2D eigenvalue weighted by Gasteiger charge is -2.38. The van der Waals surface area contributed by atoms with E-state index in [1.54, 1.807) is 0 Å². The second-order valence-electron chi connectivity index (χ2n) is 7.93. The van der Waals surface area contributed by atoms with E-state index in [2.05, 4.69) is 26.2 Å². The van der Waals surface area contributed by atoms with Crippen LogP contribution in [-0.4, -0.2) is 75.5 Å². The molecular weight excluding hydrogens is 502 g/mol. The van der Waals surface area contributed by atoms with Crippen molar-refractivity contribution in [1.29, 1.82) is 0 Å². The molecule has 0 radical (unpaired) electrons. The molecule has 130 valence electrons. The van der Waals surface area contributed by atoms with Gasteiger partial charge in [-0.15, -0.1) is 0 Å². The van der Waals surface area contributed by atoms with Crippen molar-refractivity contribution in [1.82, 2.24) is 0 Å². The van der Waals surface area contributed by atoms with Gasteiger partial charge in [-0.3, -0.25) is 0 Å². The van der Waals surface area contributed by atoms with Gasteiger partial charge in [-0.1, -0.05) is 12.2 Å². The molecule has 0 aromatic heterocycles. The number of quaternary nitrogens is 2. The van der Waals surface area contributed by atoms with Crippen LogP contribution in [0.5, 0.6) is 0 Å². The van der Waals surface area contributed by atoms with Crippen molar-refractivity contribution in [2.75, 3.05) is 66.6 Å². The standard InChI is InChI=1S/C17H32N2O.2HI/c1-18(10-12-20-13-11-18)8-5-9-19(2)14-16-6-3-4-7-17(16)15-19;;/h3-4,16-17H,5-15H2,1-2H3;2*1H/q+2;;/p-2.